The minimum Gasteiger partial charge on any atom is -0.475 e. The average molecular weight is 319 g/mol. The van der Waals surface area contributed by atoms with Crippen LogP contribution in [0.1, 0.15) is 60.1 Å². The van der Waals surface area contributed by atoms with Gasteiger partial charge in [-0.3, -0.25) is 9.48 Å². The second kappa shape index (κ2) is 6.28. The predicted octanol–water partition coefficient (Wildman–Crippen LogP) is 2.42. The first kappa shape index (κ1) is 16.8. The summed E-state index contributed by atoms with van der Waals surface area (Å²) in [5, 5.41) is 15.9. The number of nitrogens with one attached hydrogen (secondary N) is 1. The Kier molecular flexibility index (Phi) is 4.58. The Hall–Kier alpha value is -2.57. The number of amides is 1. The highest BCUT2D eigenvalue weighted by Crippen LogP contribution is 2.19. The molecule has 2 aromatic heterocycles. The minimum atomic E-state index is -1.14. The number of carbonyl (C=O) groups is 2. The van der Waals surface area contributed by atoms with Crippen molar-refractivity contribution in [1.82, 2.24) is 15.1 Å². The van der Waals surface area contributed by atoms with Crippen molar-refractivity contribution < 1.29 is 19.1 Å². The third-order valence-corrected chi connectivity index (χ3v) is 3.38. The van der Waals surface area contributed by atoms with E-state index in [4.69, 9.17) is 9.52 Å². The van der Waals surface area contributed by atoms with Crippen LogP contribution in [-0.2, 0) is 18.5 Å². The van der Waals surface area contributed by atoms with Crippen molar-refractivity contribution >= 4 is 11.9 Å². The molecule has 0 atom stereocenters. The summed E-state index contributed by atoms with van der Waals surface area (Å²) >= 11 is 0. The van der Waals surface area contributed by atoms with Gasteiger partial charge in [-0.25, -0.2) is 4.79 Å². The standard InChI is InChI=1S/C16H21N3O4/c1-5-12-11(9-18-19(12)16(2,3)4)14(20)17-8-10-6-7-13(23-10)15(21)22/h6-7,9H,5,8H2,1-4H3,(H,17,20)(H,21,22). The molecule has 124 valence electrons. The molecule has 0 fully saturated rings. The highest BCUT2D eigenvalue weighted by Gasteiger charge is 2.23. The topological polar surface area (TPSA) is 97.4 Å². The highest BCUT2D eigenvalue weighted by atomic mass is 16.4. The summed E-state index contributed by atoms with van der Waals surface area (Å²) in [7, 11) is 0. The summed E-state index contributed by atoms with van der Waals surface area (Å²) in [6, 6.07) is 2.89. The zero-order valence-electron chi connectivity index (χ0n) is 13.7. The van der Waals surface area contributed by atoms with Crippen LogP contribution in [0.4, 0.5) is 0 Å². The molecule has 1 amide bonds. The van der Waals surface area contributed by atoms with E-state index in [0.29, 0.717) is 17.7 Å². The van der Waals surface area contributed by atoms with Crippen LogP contribution in [0.3, 0.4) is 0 Å². The number of carbonyl (C=O) groups excluding carboxylic acids is 1. The van der Waals surface area contributed by atoms with Gasteiger partial charge in [0.25, 0.3) is 5.91 Å². The van der Waals surface area contributed by atoms with Crippen molar-refractivity contribution in [3.63, 3.8) is 0 Å². The van der Waals surface area contributed by atoms with Crippen molar-refractivity contribution in [3.05, 3.63) is 41.1 Å². The Morgan fingerprint density at radius 3 is 2.57 bits per heavy atom. The van der Waals surface area contributed by atoms with Gasteiger partial charge in [0, 0.05) is 0 Å². The molecule has 2 heterocycles. The lowest BCUT2D eigenvalue weighted by atomic mass is 10.1. The number of hydrogen-bond acceptors (Lipinski definition) is 4. The number of rotatable bonds is 5. The molecule has 2 aromatic rings. The lowest BCUT2D eigenvalue weighted by Crippen LogP contribution is -2.27. The van der Waals surface area contributed by atoms with Gasteiger partial charge in [0.05, 0.1) is 29.5 Å². The number of aromatic carboxylic acids is 1. The first-order valence-corrected chi connectivity index (χ1v) is 7.41. The monoisotopic (exact) mass is 319 g/mol. The Balaban J connectivity index is 2.11. The number of carboxylic acids is 1. The molecule has 0 saturated heterocycles. The summed E-state index contributed by atoms with van der Waals surface area (Å²) in [6.45, 7) is 8.17. The second-order valence-corrected chi connectivity index (χ2v) is 6.19. The zero-order valence-corrected chi connectivity index (χ0v) is 13.7. The Morgan fingerprint density at radius 1 is 1.35 bits per heavy atom. The average Bonchev–Trinajstić information content (AvgIpc) is 3.10. The number of aromatic nitrogens is 2. The van der Waals surface area contributed by atoms with Crippen molar-refractivity contribution in [2.45, 2.75) is 46.2 Å². The number of furan rings is 1. The molecule has 0 spiro atoms. The van der Waals surface area contributed by atoms with Crippen molar-refractivity contribution in [2.24, 2.45) is 0 Å². The molecule has 7 nitrogen and oxygen atoms in total. The SMILES string of the molecule is CCc1c(C(=O)NCc2ccc(C(=O)O)o2)cnn1C(C)(C)C. The fourth-order valence-corrected chi connectivity index (χ4v) is 2.33. The number of carboxylic acid groups (broad SMARTS) is 1. The van der Waals surface area contributed by atoms with Gasteiger partial charge in [-0.2, -0.15) is 5.10 Å². The number of nitrogens with zero attached hydrogens (tertiary/aromatic N) is 2. The summed E-state index contributed by atoms with van der Waals surface area (Å²) < 4.78 is 6.96. The molecule has 0 aromatic carbocycles. The Bertz CT molecular complexity index is 722. The summed E-state index contributed by atoms with van der Waals surface area (Å²) in [6.07, 6.45) is 2.24. The third kappa shape index (κ3) is 3.61. The van der Waals surface area contributed by atoms with E-state index in [1.807, 2.05) is 32.4 Å². The smallest absolute Gasteiger partial charge is 0.371 e. The van der Waals surface area contributed by atoms with E-state index >= 15 is 0 Å². The number of hydrogen-bond donors (Lipinski definition) is 2. The van der Waals surface area contributed by atoms with Crippen LogP contribution in [-0.4, -0.2) is 26.8 Å². The van der Waals surface area contributed by atoms with E-state index in [1.54, 1.807) is 6.20 Å². The Morgan fingerprint density at radius 2 is 2.04 bits per heavy atom. The maximum absolute atomic E-state index is 12.4. The molecule has 2 N–H and O–H groups in total. The Labute approximate surface area is 134 Å². The van der Waals surface area contributed by atoms with Crippen LogP contribution < -0.4 is 5.32 Å². The molecule has 0 unspecified atom stereocenters. The van der Waals surface area contributed by atoms with Gasteiger partial charge in [0.15, 0.2) is 0 Å². The third-order valence-electron chi connectivity index (χ3n) is 3.38. The van der Waals surface area contributed by atoms with Gasteiger partial charge in [0.2, 0.25) is 5.76 Å². The fraction of sp³-hybridized carbons (Fsp3) is 0.438. The predicted molar refractivity (Wildman–Crippen MR) is 83.4 cm³/mol. The highest BCUT2D eigenvalue weighted by molar-refractivity contribution is 5.95. The van der Waals surface area contributed by atoms with Crippen LogP contribution in [0.2, 0.25) is 0 Å². The van der Waals surface area contributed by atoms with Gasteiger partial charge in [-0.1, -0.05) is 6.92 Å². The largest absolute Gasteiger partial charge is 0.475 e. The van der Waals surface area contributed by atoms with E-state index in [9.17, 15) is 9.59 Å². The zero-order chi connectivity index (χ0) is 17.2. The quantitative estimate of drug-likeness (QED) is 0.882. The summed E-state index contributed by atoms with van der Waals surface area (Å²) in [5.41, 5.74) is 1.18. The first-order valence-electron chi connectivity index (χ1n) is 7.41. The molecular formula is C16H21N3O4. The molecule has 7 heteroatoms. The molecule has 0 aliphatic rings. The van der Waals surface area contributed by atoms with E-state index < -0.39 is 5.97 Å². The van der Waals surface area contributed by atoms with E-state index in [-0.39, 0.29) is 23.8 Å². The van der Waals surface area contributed by atoms with Crippen molar-refractivity contribution in [3.8, 4) is 0 Å². The first-order chi connectivity index (χ1) is 10.7. The van der Waals surface area contributed by atoms with Crippen LogP contribution in [0.25, 0.3) is 0 Å². The van der Waals surface area contributed by atoms with Crippen molar-refractivity contribution in [2.75, 3.05) is 0 Å². The minimum absolute atomic E-state index is 0.121. The van der Waals surface area contributed by atoms with Crippen LogP contribution in [0.5, 0.6) is 0 Å². The van der Waals surface area contributed by atoms with Gasteiger partial charge in [-0.05, 0) is 39.3 Å². The molecule has 0 aliphatic heterocycles. The maximum atomic E-state index is 12.4. The molecule has 0 saturated carbocycles. The van der Waals surface area contributed by atoms with Gasteiger partial charge >= 0.3 is 5.97 Å². The van der Waals surface area contributed by atoms with Crippen LogP contribution in [0, 0.1) is 0 Å². The van der Waals surface area contributed by atoms with Crippen molar-refractivity contribution in [1.29, 1.82) is 0 Å². The van der Waals surface area contributed by atoms with Gasteiger partial charge in [0.1, 0.15) is 5.76 Å². The molecule has 0 bridgehead atoms. The lowest BCUT2D eigenvalue weighted by molar-refractivity contribution is 0.0660. The summed E-state index contributed by atoms with van der Waals surface area (Å²) in [4.78, 5) is 23.1. The second-order valence-electron chi connectivity index (χ2n) is 6.19. The molecule has 2 rings (SSSR count). The maximum Gasteiger partial charge on any atom is 0.371 e. The van der Waals surface area contributed by atoms with E-state index in [0.717, 1.165) is 5.69 Å². The molecule has 23 heavy (non-hydrogen) atoms. The molecular weight excluding hydrogens is 298 g/mol. The van der Waals surface area contributed by atoms with Gasteiger partial charge in [-0.15, -0.1) is 0 Å². The lowest BCUT2D eigenvalue weighted by Gasteiger charge is -2.22. The molecule has 0 aliphatic carbocycles. The van der Waals surface area contributed by atoms with Crippen LogP contribution >= 0.6 is 0 Å². The summed E-state index contributed by atoms with van der Waals surface area (Å²) in [5.74, 6) is -1.16. The normalized spacial score (nSPS) is 11.5. The molecule has 0 radical (unpaired) electrons. The van der Waals surface area contributed by atoms with E-state index in [2.05, 4.69) is 10.4 Å². The van der Waals surface area contributed by atoms with Gasteiger partial charge < -0.3 is 14.8 Å². The van der Waals surface area contributed by atoms with Crippen LogP contribution in [0.15, 0.2) is 22.7 Å². The fourth-order valence-electron chi connectivity index (χ4n) is 2.33. The van der Waals surface area contributed by atoms with E-state index in [1.165, 1.54) is 12.1 Å².